The predicted octanol–water partition coefficient (Wildman–Crippen LogP) is 3.04. The minimum atomic E-state index is 0. The maximum absolute atomic E-state index is 3.41. The summed E-state index contributed by atoms with van der Waals surface area (Å²) in [5, 5.41) is 6.57. The van der Waals surface area contributed by atoms with Crippen LogP contribution >= 0.6 is 0 Å². The first-order valence-corrected chi connectivity index (χ1v) is 6.27. The van der Waals surface area contributed by atoms with Gasteiger partial charge in [-0.3, -0.25) is 0 Å². The van der Waals surface area contributed by atoms with Gasteiger partial charge in [0.25, 0.3) is 0 Å². The standard InChI is InChI=1S/C10H24N2.C2H6.H2/c1-3-8-12-10-7-5-4-6-9-11-2;1-2;/h11-12H,3-10H2,1-2H3;1-2H3;1H. The molecule has 0 aliphatic rings. The molecule has 0 atom stereocenters. The first-order valence-electron chi connectivity index (χ1n) is 6.27. The Morgan fingerprint density at radius 2 is 1.43 bits per heavy atom. The summed E-state index contributed by atoms with van der Waals surface area (Å²) in [6.45, 7) is 9.76. The Morgan fingerprint density at radius 1 is 0.857 bits per heavy atom. The van der Waals surface area contributed by atoms with Crippen molar-refractivity contribution in [2.75, 3.05) is 26.7 Å². The van der Waals surface area contributed by atoms with Crippen LogP contribution in [0.4, 0.5) is 0 Å². The number of rotatable bonds is 9. The number of hydrogen-bond acceptors (Lipinski definition) is 2. The molecular weight excluding hydrogens is 172 g/mol. The van der Waals surface area contributed by atoms with Gasteiger partial charge in [-0.1, -0.05) is 33.6 Å². The molecule has 2 heteroatoms. The highest BCUT2D eigenvalue weighted by Gasteiger charge is 1.88. The van der Waals surface area contributed by atoms with Crippen LogP contribution in [0.25, 0.3) is 0 Å². The Morgan fingerprint density at radius 3 is 1.93 bits per heavy atom. The van der Waals surface area contributed by atoms with Crippen LogP contribution in [-0.4, -0.2) is 26.7 Å². The molecule has 0 saturated heterocycles. The van der Waals surface area contributed by atoms with Gasteiger partial charge in [0.2, 0.25) is 0 Å². The molecule has 0 heterocycles. The van der Waals surface area contributed by atoms with E-state index >= 15 is 0 Å². The molecular formula is C12H32N2. The lowest BCUT2D eigenvalue weighted by atomic mass is 10.2. The molecule has 0 rings (SSSR count). The van der Waals surface area contributed by atoms with Gasteiger partial charge in [-0.05, 0) is 45.9 Å². The maximum Gasteiger partial charge on any atom is 0 e. The van der Waals surface area contributed by atoms with Gasteiger partial charge in [-0.2, -0.15) is 0 Å². The Labute approximate surface area is 92.3 Å². The fourth-order valence-electron chi connectivity index (χ4n) is 1.21. The Kier molecular flexibility index (Phi) is 21.8. The molecule has 0 spiro atoms. The Balaban J connectivity index is -0.000000449. The fourth-order valence-corrected chi connectivity index (χ4v) is 1.21. The monoisotopic (exact) mass is 204 g/mol. The average molecular weight is 204 g/mol. The summed E-state index contributed by atoms with van der Waals surface area (Å²) in [5.41, 5.74) is 0. The van der Waals surface area contributed by atoms with Crippen LogP contribution in [0.2, 0.25) is 0 Å². The molecule has 0 aliphatic heterocycles. The summed E-state index contributed by atoms with van der Waals surface area (Å²) in [4.78, 5) is 0. The first kappa shape index (κ1) is 16.4. The van der Waals surface area contributed by atoms with E-state index in [1.165, 1.54) is 51.7 Å². The molecule has 0 aromatic carbocycles. The van der Waals surface area contributed by atoms with Gasteiger partial charge >= 0.3 is 0 Å². The van der Waals surface area contributed by atoms with Gasteiger partial charge < -0.3 is 10.6 Å². The molecule has 2 nitrogen and oxygen atoms in total. The van der Waals surface area contributed by atoms with E-state index in [4.69, 9.17) is 0 Å². The summed E-state index contributed by atoms with van der Waals surface area (Å²) >= 11 is 0. The van der Waals surface area contributed by atoms with Crippen LogP contribution in [0, 0.1) is 0 Å². The molecule has 0 aromatic heterocycles. The molecule has 0 radical (unpaired) electrons. The lowest BCUT2D eigenvalue weighted by molar-refractivity contribution is 0.576. The summed E-state index contributed by atoms with van der Waals surface area (Å²) in [5.74, 6) is 0. The van der Waals surface area contributed by atoms with Gasteiger partial charge in [0.15, 0.2) is 0 Å². The highest BCUT2D eigenvalue weighted by Crippen LogP contribution is 1.97. The molecule has 2 N–H and O–H groups in total. The quantitative estimate of drug-likeness (QED) is 0.564. The van der Waals surface area contributed by atoms with Crippen LogP contribution in [0.15, 0.2) is 0 Å². The van der Waals surface area contributed by atoms with E-state index < -0.39 is 0 Å². The summed E-state index contributed by atoms with van der Waals surface area (Å²) in [7, 11) is 2.02. The minimum absolute atomic E-state index is 0. The van der Waals surface area contributed by atoms with Crippen molar-refractivity contribution in [1.29, 1.82) is 0 Å². The number of nitrogens with one attached hydrogen (secondary N) is 2. The predicted molar refractivity (Wildman–Crippen MR) is 69.0 cm³/mol. The molecule has 14 heavy (non-hydrogen) atoms. The van der Waals surface area contributed by atoms with Crippen molar-refractivity contribution in [2.45, 2.75) is 52.9 Å². The van der Waals surface area contributed by atoms with Crippen molar-refractivity contribution in [3.05, 3.63) is 0 Å². The topological polar surface area (TPSA) is 24.1 Å². The first-order chi connectivity index (χ1) is 6.91. The zero-order chi connectivity index (χ0) is 11.1. The van der Waals surface area contributed by atoms with E-state index in [0.29, 0.717) is 0 Å². The van der Waals surface area contributed by atoms with Crippen LogP contribution < -0.4 is 10.6 Å². The summed E-state index contributed by atoms with van der Waals surface area (Å²) in [6.07, 6.45) is 6.65. The summed E-state index contributed by atoms with van der Waals surface area (Å²) in [6, 6.07) is 0. The van der Waals surface area contributed by atoms with Crippen LogP contribution in [0.5, 0.6) is 0 Å². The highest BCUT2D eigenvalue weighted by atomic mass is 14.8. The minimum Gasteiger partial charge on any atom is -0.320 e. The average Bonchev–Trinajstić information content (AvgIpc) is 2.25. The molecule has 0 amide bonds. The third-order valence-corrected chi connectivity index (χ3v) is 1.96. The molecule has 90 valence electrons. The van der Waals surface area contributed by atoms with Gasteiger partial charge in [-0.25, -0.2) is 0 Å². The van der Waals surface area contributed by atoms with Crippen molar-refractivity contribution in [3.63, 3.8) is 0 Å². The highest BCUT2D eigenvalue weighted by molar-refractivity contribution is 4.49. The van der Waals surface area contributed by atoms with Gasteiger partial charge in [0.05, 0.1) is 0 Å². The molecule has 0 aliphatic carbocycles. The molecule has 0 saturated carbocycles. The van der Waals surface area contributed by atoms with Crippen molar-refractivity contribution in [3.8, 4) is 0 Å². The molecule has 0 fully saturated rings. The van der Waals surface area contributed by atoms with Gasteiger partial charge in [0.1, 0.15) is 0 Å². The van der Waals surface area contributed by atoms with Crippen molar-refractivity contribution in [1.82, 2.24) is 10.6 Å². The smallest absolute Gasteiger partial charge is 0 e. The fraction of sp³-hybridized carbons (Fsp3) is 1.00. The van der Waals surface area contributed by atoms with Crippen molar-refractivity contribution >= 4 is 0 Å². The summed E-state index contributed by atoms with van der Waals surface area (Å²) < 4.78 is 0. The Hall–Kier alpha value is -0.0800. The van der Waals surface area contributed by atoms with Crippen molar-refractivity contribution < 1.29 is 1.43 Å². The largest absolute Gasteiger partial charge is 0.320 e. The lowest BCUT2D eigenvalue weighted by Gasteiger charge is -2.02. The molecule has 0 unspecified atom stereocenters. The number of hydrogen-bond donors (Lipinski definition) is 2. The van der Waals surface area contributed by atoms with E-state index in [1.54, 1.807) is 0 Å². The zero-order valence-electron chi connectivity index (χ0n) is 10.7. The third kappa shape index (κ3) is 17.9. The van der Waals surface area contributed by atoms with E-state index in [0.717, 1.165) is 0 Å². The number of unbranched alkanes of at least 4 members (excludes halogenated alkanes) is 3. The normalized spacial score (nSPS) is 9.43. The van der Waals surface area contributed by atoms with E-state index in [-0.39, 0.29) is 1.43 Å². The van der Waals surface area contributed by atoms with E-state index in [9.17, 15) is 0 Å². The zero-order valence-corrected chi connectivity index (χ0v) is 10.7. The van der Waals surface area contributed by atoms with Crippen LogP contribution in [0.3, 0.4) is 0 Å². The van der Waals surface area contributed by atoms with Crippen molar-refractivity contribution in [2.24, 2.45) is 0 Å². The Bertz CT molecular complexity index is 70.0. The van der Waals surface area contributed by atoms with Gasteiger partial charge in [0, 0.05) is 1.43 Å². The van der Waals surface area contributed by atoms with Crippen LogP contribution in [0.1, 0.15) is 54.3 Å². The molecule has 0 aromatic rings. The van der Waals surface area contributed by atoms with E-state index in [2.05, 4.69) is 17.6 Å². The second kappa shape index (κ2) is 18.7. The van der Waals surface area contributed by atoms with E-state index in [1.807, 2.05) is 20.9 Å². The molecule has 0 bridgehead atoms. The van der Waals surface area contributed by atoms with Crippen LogP contribution in [-0.2, 0) is 0 Å². The SMILES string of the molecule is CC.CCCNCCCCCCNC.[HH]. The second-order valence-corrected chi connectivity index (χ2v) is 3.27. The maximum atomic E-state index is 3.41. The second-order valence-electron chi connectivity index (χ2n) is 3.27. The van der Waals surface area contributed by atoms with Gasteiger partial charge in [-0.15, -0.1) is 0 Å². The third-order valence-electron chi connectivity index (χ3n) is 1.96. The lowest BCUT2D eigenvalue weighted by Crippen LogP contribution is -2.15.